The second-order valence-corrected chi connectivity index (χ2v) is 19.1. The van der Waals surface area contributed by atoms with E-state index in [1.165, 1.54) is 17.7 Å². The van der Waals surface area contributed by atoms with Crippen LogP contribution in [0.25, 0.3) is 0 Å². The van der Waals surface area contributed by atoms with Gasteiger partial charge in [-0.15, -0.1) is 0 Å². The van der Waals surface area contributed by atoms with Crippen LogP contribution >= 0.6 is 0 Å². The van der Waals surface area contributed by atoms with Crippen molar-refractivity contribution in [2.75, 3.05) is 13.2 Å². The quantitative estimate of drug-likeness (QED) is 0.199. The molecule has 13 heteroatoms. The number of nitrogens with zero attached hydrogens (tertiary/aromatic N) is 2. The van der Waals surface area contributed by atoms with Crippen molar-refractivity contribution in [1.82, 2.24) is 9.78 Å². The predicted molar refractivity (Wildman–Crippen MR) is 131 cm³/mol. The van der Waals surface area contributed by atoms with Crippen LogP contribution in [0.5, 0.6) is 0 Å². The Morgan fingerprint density at radius 2 is 1.86 bits per heavy atom. The first-order chi connectivity index (χ1) is 16.8. The minimum atomic E-state index is -4.70. The van der Waals surface area contributed by atoms with E-state index in [0.717, 1.165) is 24.2 Å². The summed E-state index contributed by atoms with van der Waals surface area (Å²) in [4.78, 5) is -0.450. The van der Waals surface area contributed by atoms with Gasteiger partial charge in [-0.3, -0.25) is 0 Å². The Hall–Kier alpha value is -1.83. The van der Waals surface area contributed by atoms with Gasteiger partial charge in [-0.1, -0.05) is 25.7 Å². The van der Waals surface area contributed by atoms with Crippen LogP contribution in [-0.2, 0) is 38.1 Å². The van der Waals surface area contributed by atoms with E-state index in [9.17, 15) is 30.4 Å². The molecule has 0 radical (unpaired) electrons. The maximum absolute atomic E-state index is 14.1. The molecule has 0 aliphatic carbocycles. The molecular formula is C24H33F5N2O4SSi. The Morgan fingerprint density at radius 1 is 1.19 bits per heavy atom. The van der Waals surface area contributed by atoms with Gasteiger partial charge in [0.05, 0.1) is 20.9 Å². The molecule has 2 heterocycles. The molecule has 1 fully saturated rings. The molecule has 1 aromatic heterocycles. The van der Waals surface area contributed by atoms with Gasteiger partial charge in [-0.25, -0.2) is 13.1 Å². The monoisotopic (exact) mass is 568 g/mol. The fourth-order valence-electron chi connectivity index (χ4n) is 4.07. The highest BCUT2D eigenvalue weighted by molar-refractivity contribution is 7.92. The van der Waals surface area contributed by atoms with Crippen molar-refractivity contribution in [3.8, 4) is 0 Å². The molecule has 2 unspecified atom stereocenters. The van der Waals surface area contributed by atoms with Crippen LogP contribution in [-0.4, -0.2) is 44.2 Å². The maximum atomic E-state index is 14.1. The summed E-state index contributed by atoms with van der Waals surface area (Å²) in [5.74, 6) is -3.25. The van der Waals surface area contributed by atoms with Gasteiger partial charge < -0.3 is 9.47 Å². The molecule has 1 aliphatic rings. The SMILES string of the molecule is CC(F)(F)c1cc(C2CC(C)(S(=O)(=O)c3cccc(C(F)(F)F)c3)CCO2)n(COCC[Si](C)(C)C)n1. The Bertz CT molecular complexity index is 1200. The largest absolute Gasteiger partial charge is 0.416 e. The summed E-state index contributed by atoms with van der Waals surface area (Å²) in [6, 6.07) is 5.65. The summed E-state index contributed by atoms with van der Waals surface area (Å²) < 4.78 is 106. The minimum Gasteiger partial charge on any atom is -0.372 e. The van der Waals surface area contributed by atoms with Crippen molar-refractivity contribution >= 4 is 17.9 Å². The molecule has 2 aromatic rings. The Balaban J connectivity index is 1.91. The van der Waals surface area contributed by atoms with Crippen LogP contribution in [0.1, 0.15) is 49.7 Å². The molecular weight excluding hydrogens is 535 g/mol. The number of hydrogen-bond donors (Lipinski definition) is 0. The third-order valence-electron chi connectivity index (χ3n) is 6.49. The second-order valence-electron chi connectivity index (χ2n) is 11.0. The van der Waals surface area contributed by atoms with Crippen LogP contribution in [0.2, 0.25) is 25.7 Å². The van der Waals surface area contributed by atoms with Crippen molar-refractivity contribution in [2.45, 2.75) is 87.0 Å². The fourth-order valence-corrected chi connectivity index (χ4v) is 6.65. The molecule has 208 valence electrons. The lowest BCUT2D eigenvalue weighted by Gasteiger charge is -2.37. The van der Waals surface area contributed by atoms with Crippen LogP contribution in [0, 0.1) is 0 Å². The lowest BCUT2D eigenvalue weighted by atomic mass is 9.94. The topological polar surface area (TPSA) is 70.4 Å². The molecule has 1 aromatic carbocycles. The minimum absolute atomic E-state index is 0.0275. The Morgan fingerprint density at radius 3 is 2.46 bits per heavy atom. The first-order valence-electron chi connectivity index (χ1n) is 11.9. The molecule has 6 nitrogen and oxygen atoms in total. The zero-order valence-corrected chi connectivity index (χ0v) is 23.3. The number of alkyl halides is 5. The molecule has 0 bridgehead atoms. The van der Waals surface area contributed by atoms with Crippen molar-refractivity contribution in [3.05, 3.63) is 47.3 Å². The van der Waals surface area contributed by atoms with Gasteiger partial charge in [0, 0.05) is 28.2 Å². The Kier molecular flexibility index (Phi) is 8.34. The van der Waals surface area contributed by atoms with Crippen LogP contribution < -0.4 is 0 Å². The standard InChI is InChI=1S/C24H33F5N2O4SSi/c1-22(36(32,33)18-8-6-7-17(13-18)24(27,28)29)9-10-35-20(15-22)19-14-21(23(2,25)26)30-31(19)16-34-11-12-37(3,4)5/h6-8,13-14,20H,9-12,15-16H2,1-5H3. The van der Waals surface area contributed by atoms with E-state index in [1.54, 1.807) is 0 Å². The highest BCUT2D eigenvalue weighted by Gasteiger charge is 2.47. The van der Waals surface area contributed by atoms with Crippen LogP contribution in [0.4, 0.5) is 22.0 Å². The molecule has 37 heavy (non-hydrogen) atoms. The van der Waals surface area contributed by atoms with Gasteiger partial charge in [0.25, 0.3) is 5.92 Å². The van der Waals surface area contributed by atoms with E-state index < -0.39 is 57.0 Å². The van der Waals surface area contributed by atoms with E-state index in [1.807, 2.05) is 0 Å². The van der Waals surface area contributed by atoms with Gasteiger partial charge in [-0.2, -0.15) is 27.1 Å². The highest BCUT2D eigenvalue weighted by atomic mass is 32.2. The predicted octanol–water partition coefficient (Wildman–Crippen LogP) is 6.41. The lowest BCUT2D eigenvalue weighted by molar-refractivity contribution is -0.137. The van der Waals surface area contributed by atoms with Crippen molar-refractivity contribution in [3.63, 3.8) is 0 Å². The summed E-state index contributed by atoms with van der Waals surface area (Å²) in [5, 5.41) is 4.00. The van der Waals surface area contributed by atoms with Crippen LogP contribution in [0.15, 0.2) is 35.2 Å². The molecule has 3 rings (SSSR count). The zero-order chi connectivity index (χ0) is 27.9. The molecule has 0 amide bonds. The zero-order valence-electron chi connectivity index (χ0n) is 21.5. The van der Waals surface area contributed by atoms with E-state index >= 15 is 0 Å². The smallest absolute Gasteiger partial charge is 0.372 e. The number of halogens is 5. The van der Waals surface area contributed by atoms with Gasteiger partial charge >= 0.3 is 6.18 Å². The molecule has 0 saturated carbocycles. The normalized spacial score (nSPS) is 21.8. The summed E-state index contributed by atoms with van der Waals surface area (Å²) in [5.41, 5.74) is -1.34. The summed E-state index contributed by atoms with van der Waals surface area (Å²) in [6.45, 7) is 8.94. The second kappa shape index (κ2) is 10.4. The molecule has 0 spiro atoms. The Labute approximate surface area is 215 Å². The number of ether oxygens (including phenoxy) is 2. The number of hydrogen-bond acceptors (Lipinski definition) is 5. The third kappa shape index (κ3) is 6.98. The first-order valence-corrected chi connectivity index (χ1v) is 17.1. The van der Waals surface area contributed by atoms with E-state index in [2.05, 4.69) is 24.7 Å². The number of benzene rings is 1. The van der Waals surface area contributed by atoms with E-state index in [4.69, 9.17) is 9.47 Å². The van der Waals surface area contributed by atoms with E-state index in [0.29, 0.717) is 19.6 Å². The summed E-state index contributed by atoms with van der Waals surface area (Å²) in [7, 11) is -5.63. The molecule has 1 saturated heterocycles. The van der Waals surface area contributed by atoms with Gasteiger partial charge in [0.15, 0.2) is 9.84 Å². The average Bonchev–Trinajstić information content (AvgIpc) is 3.20. The molecule has 1 aliphatic heterocycles. The number of sulfone groups is 1. The number of aromatic nitrogens is 2. The van der Waals surface area contributed by atoms with E-state index in [-0.39, 0.29) is 31.9 Å². The van der Waals surface area contributed by atoms with Gasteiger partial charge in [0.2, 0.25) is 0 Å². The summed E-state index contributed by atoms with van der Waals surface area (Å²) in [6.07, 6.45) is -5.75. The lowest BCUT2D eigenvalue weighted by Crippen LogP contribution is -2.42. The van der Waals surface area contributed by atoms with Gasteiger partial charge in [0.1, 0.15) is 18.5 Å². The number of rotatable bonds is 9. The molecule has 0 N–H and O–H groups in total. The third-order valence-corrected chi connectivity index (χ3v) is 10.7. The van der Waals surface area contributed by atoms with Crippen LogP contribution in [0.3, 0.4) is 0 Å². The first kappa shape index (κ1) is 29.7. The average molecular weight is 569 g/mol. The summed E-state index contributed by atoms with van der Waals surface area (Å²) >= 11 is 0. The molecule has 2 atom stereocenters. The van der Waals surface area contributed by atoms with Crippen molar-refractivity contribution < 1.29 is 39.8 Å². The van der Waals surface area contributed by atoms with Gasteiger partial charge in [-0.05, 0) is 50.1 Å². The van der Waals surface area contributed by atoms with Crippen molar-refractivity contribution in [1.29, 1.82) is 0 Å². The van der Waals surface area contributed by atoms with Crippen molar-refractivity contribution in [2.24, 2.45) is 0 Å². The fraction of sp³-hybridized carbons (Fsp3) is 0.625. The highest BCUT2D eigenvalue weighted by Crippen LogP contribution is 2.43. The maximum Gasteiger partial charge on any atom is 0.416 e.